The summed E-state index contributed by atoms with van der Waals surface area (Å²) in [6.45, 7) is 3.42. The molecular formula is C9H18ClNO4S. The molecule has 0 aromatic carbocycles. The van der Waals surface area contributed by atoms with Crippen LogP contribution in [0.2, 0.25) is 0 Å². The molecule has 16 heavy (non-hydrogen) atoms. The van der Waals surface area contributed by atoms with Gasteiger partial charge in [-0.1, -0.05) is 13.8 Å². The van der Waals surface area contributed by atoms with Gasteiger partial charge in [-0.05, 0) is 5.92 Å². The van der Waals surface area contributed by atoms with Gasteiger partial charge in [-0.25, -0.2) is 8.42 Å². The molecule has 1 atom stereocenters. The lowest BCUT2D eigenvalue weighted by atomic mass is 10.3. The van der Waals surface area contributed by atoms with E-state index in [0.29, 0.717) is 0 Å². The summed E-state index contributed by atoms with van der Waals surface area (Å²) in [5.74, 6) is -0.488. The van der Waals surface area contributed by atoms with Crippen molar-refractivity contribution in [2.24, 2.45) is 5.92 Å². The highest BCUT2D eigenvalue weighted by atomic mass is 35.5. The Balaban J connectivity index is 4.61. The molecule has 7 heteroatoms. The number of alkyl halides is 1. The monoisotopic (exact) mass is 271 g/mol. The summed E-state index contributed by atoms with van der Waals surface area (Å²) < 4.78 is 29.2. The molecule has 0 N–H and O–H groups in total. The van der Waals surface area contributed by atoms with Gasteiger partial charge >= 0.3 is 5.97 Å². The van der Waals surface area contributed by atoms with E-state index >= 15 is 0 Å². The van der Waals surface area contributed by atoms with Crippen LogP contribution in [0.5, 0.6) is 0 Å². The van der Waals surface area contributed by atoms with Crippen molar-refractivity contribution in [1.82, 2.24) is 4.31 Å². The molecule has 0 heterocycles. The van der Waals surface area contributed by atoms with Crippen molar-refractivity contribution in [3.63, 3.8) is 0 Å². The predicted molar refractivity (Wildman–Crippen MR) is 62.9 cm³/mol. The van der Waals surface area contributed by atoms with Crippen LogP contribution in [0.15, 0.2) is 0 Å². The van der Waals surface area contributed by atoms with E-state index in [1.165, 1.54) is 7.11 Å². The molecule has 0 aliphatic rings. The Kier molecular flexibility index (Phi) is 6.94. The second-order valence-electron chi connectivity index (χ2n) is 3.54. The third-order valence-corrected chi connectivity index (χ3v) is 4.73. The number of carbonyl (C=O) groups is 1. The van der Waals surface area contributed by atoms with Gasteiger partial charge in [0, 0.05) is 12.4 Å². The molecule has 0 spiro atoms. The Labute approximate surface area is 102 Å². The topological polar surface area (TPSA) is 63.7 Å². The zero-order chi connectivity index (χ0) is 12.8. The SMILES string of the molecule is CCN(CC(=O)OC)S(=O)(=O)CC(C)CCl. The van der Waals surface area contributed by atoms with Crippen LogP contribution < -0.4 is 0 Å². The third-order valence-electron chi connectivity index (χ3n) is 2.04. The predicted octanol–water partition coefficient (Wildman–Crippen LogP) is 0.686. The molecule has 0 radical (unpaired) electrons. The molecule has 0 fully saturated rings. The summed E-state index contributed by atoms with van der Waals surface area (Å²) in [5.41, 5.74) is 0. The van der Waals surface area contributed by atoms with Gasteiger partial charge in [0.15, 0.2) is 0 Å². The smallest absolute Gasteiger partial charge is 0.321 e. The highest BCUT2D eigenvalue weighted by molar-refractivity contribution is 7.89. The normalized spacial score (nSPS) is 13.8. The Morgan fingerprint density at radius 3 is 2.44 bits per heavy atom. The minimum atomic E-state index is -3.44. The number of nitrogens with zero attached hydrogens (tertiary/aromatic N) is 1. The molecule has 0 bridgehead atoms. The molecule has 96 valence electrons. The standard InChI is InChI=1S/C9H18ClNO4S/c1-4-11(6-9(12)15-3)16(13,14)7-8(2)5-10/h8H,4-7H2,1-3H3. The van der Waals surface area contributed by atoms with Gasteiger partial charge < -0.3 is 4.74 Å². The Morgan fingerprint density at radius 2 is 2.06 bits per heavy atom. The number of hydrogen-bond donors (Lipinski definition) is 0. The number of esters is 1. The van der Waals surface area contributed by atoms with Crippen molar-refractivity contribution < 1.29 is 17.9 Å². The Hall–Kier alpha value is -0.330. The maximum absolute atomic E-state index is 11.8. The van der Waals surface area contributed by atoms with Crippen LogP contribution in [0.1, 0.15) is 13.8 Å². The first-order valence-corrected chi connectivity index (χ1v) is 7.12. The number of ether oxygens (including phenoxy) is 1. The summed E-state index contributed by atoms with van der Waals surface area (Å²) in [4.78, 5) is 11.0. The maximum atomic E-state index is 11.8. The summed E-state index contributed by atoms with van der Waals surface area (Å²) in [7, 11) is -2.21. The van der Waals surface area contributed by atoms with E-state index in [-0.39, 0.29) is 30.6 Å². The molecule has 0 aromatic heterocycles. The van der Waals surface area contributed by atoms with Gasteiger partial charge in [0.25, 0.3) is 0 Å². The average Bonchev–Trinajstić information content (AvgIpc) is 2.24. The summed E-state index contributed by atoms with van der Waals surface area (Å²) in [5, 5.41) is 0. The van der Waals surface area contributed by atoms with Crippen LogP contribution in [-0.2, 0) is 19.6 Å². The van der Waals surface area contributed by atoms with Gasteiger partial charge in [-0.2, -0.15) is 4.31 Å². The first kappa shape index (κ1) is 15.7. The van der Waals surface area contributed by atoms with Crippen molar-refractivity contribution in [2.75, 3.05) is 31.8 Å². The van der Waals surface area contributed by atoms with E-state index in [1.54, 1.807) is 13.8 Å². The van der Waals surface area contributed by atoms with Gasteiger partial charge in [0.2, 0.25) is 10.0 Å². The molecule has 0 aliphatic heterocycles. The number of likely N-dealkylation sites (N-methyl/N-ethyl adjacent to an activating group) is 1. The molecular weight excluding hydrogens is 254 g/mol. The minimum absolute atomic E-state index is 0.0542. The quantitative estimate of drug-likeness (QED) is 0.505. The summed E-state index contributed by atoms with van der Waals surface area (Å²) >= 11 is 5.56. The number of carbonyl (C=O) groups excluding carboxylic acids is 1. The van der Waals surface area contributed by atoms with Crippen LogP contribution in [0.25, 0.3) is 0 Å². The van der Waals surface area contributed by atoms with E-state index in [1.807, 2.05) is 0 Å². The van der Waals surface area contributed by atoms with Crippen molar-refractivity contribution in [3.8, 4) is 0 Å². The highest BCUT2D eigenvalue weighted by Gasteiger charge is 2.25. The second-order valence-corrected chi connectivity index (χ2v) is 5.86. The van der Waals surface area contributed by atoms with Gasteiger partial charge in [0.05, 0.1) is 12.9 Å². The Bertz CT molecular complexity index is 317. The zero-order valence-corrected chi connectivity index (χ0v) is 11.3. The first-order valence-electron chi connectivity index (χ1n) is 4.98. The molecule has 0 aliphatic carbocycles. The molecule has 0 rings (SSSR count). The minimum Gasteiger partial charge on any atom is -0.468 e. The fourth-order valence-corrected chi connectivity index (χ4v) is 3.11. The van der Waals surface area contributed by atoms with Crippen LogP contribution in [-0.4, -0.2) is 50.5 Å². The van der Waals surface area contributed by atoms with E-state index < -0.39 is 16.0 Å². The number of halogens is 1. The van der Waals surface area contributed by atoms with E-state index in [0.717, 1.165) is 4.31 Å². The van der Waals surface area contributed by atoms with Crippen LogP contribution >= 0.6 is 11.6 Å². The average molecular weight is 272 g/mol. The second kappa shape index (κ2) is 7.09. The number of rotatable bonds is 7. The zero-order valence-electron chi connectivity index (χ0n) is 9.77. The lowest BCUT2D eigenvalue weighted by molar-refractivity contribution is -0.140. The number of sulfonamides is 1. The lowest BCUT2D eigenvalue weighted by Gasteiger charge is -2.20. The first-order chi connectivity index (χ1) is 7.37. The Morgan fingerprint density at radius 1 is 1.50 bits per heavy atom. The van der Waals surface area contributed by atoms with Crippen LogP contribution in [0.4, 0.5) is 0 Å². The molecule has 0 saturated heterocycles. The van der Waals surface area contributed by atoms with Gasteiger partial charge in [-0.3, -0.25) is 4.79 Å². The number of hydrogen-bond acceptors (Lipinski definition) is 4. The molecule has 0 aromatic rings. The number of methoxy groups -OCH3 is 1. The highest BCUT2D eigenvalue weighted by Crippen LogP contribution is 2.08. The third kappa shape index (κ3) is 5.14. The summed E-state index contributed by atoms with van der Waals surface area (Å²) in [6, 6.07) is 0. The van der Waals surface area contributed by atoms with E-state index in [4.69, 9.17) is 11.6 Å². The van der Waals surface area contributed by atoms with Crippen molar-refractivity contribution in [2.45, 2.75) is 13.8 Å². The van der Waals surface area contributed by atoms with Crippen LogP contribution in [0.3, 0.4) is 0 Å². The molecule has 5 nitrogen and oxygen atoms in total. The van der Waals surface area contributed by atoms with Crippen molar-refractivity contribution in [3.05, 3.63) is 0 Å². The fourth-order valence-electron chi connectivity index (χ4n) is 1.12. The van der Waals surface area contributed by atoms with Gasteiger partial charge in [-0.15, -0.1) is 11.6 Å². The molecule has 1 unspecified atom stereocenters. The van der Waals surface area contributed by atoms with Gasteiger partial charge in [0.1, 0.15) is 6.54 Å². The molecule has 0 saturated carbocycles. The molecule has 0 amide bonds. The van der Waals surface area contributed by atoms with Crippen molar-refractivity contribution in [1.29, 1.82) is 0 Å². The van der Waals surface area contributed by atoms with Crippen molar-refractivity contribution >= 4 is 27.6 Å². The fraction of sp³-hybridized carbons (Fsp3) is 0.889. The largest absolute Gasteiger partial charge is 0.468 e. The van der Waals surface area contributed by atoms with E-state index in [9.17, 15) is 13.2 Å². The lowest BCUT2D eigenvalue weighted by Crippen LogP contribution is -2.39. The van der Waals surface area contributed by atoms with E-state index in [2.05, 4.69) is 4.74 Å². The van der Waals surface area contributed by atoms with Crippen LogP contribution in [0, 0.1) is 5.92 Å². The maximum Gasteiger partial charge on any atom is 0.321 e. The summed E-state index contributed by atoms with van der Waals surface area (Å²) in [6.07, 6.45) is 0.